The average Bonchev–Trinajstić information content (AvgIpc) is 2.67. The number of benzene rings is 2. The molecule has 27 heavy (non-hydrogen) atoms. The maximum absolute atomic E-state index is 14.0. The Morgan fingerprint density at radius 1 is 1.26 bits per heavy atom. The Hall–Kier alpha value is -2.91. The Balaban J connectivity index is 1.82. The highest BCUT2D eigenvalue weighted by Crippen LogP contribution is 2.41. The van der Waals surface area contributed by atoms with Crippen molar-refractivity contribution < 1.29 is 14.3 Å². The van der Waals surface area contributed by atoms with Crippen molar-refractivity contribution in [1.82, 2.24) is 10.2 Å². The lowest BCUT2D eigenvalue weighted by Gasteiger charge is -2.51. The number of nitrogens with one attached hydrogen (secondary N) is 1. The van der Waals surface area contributed by atoms with Crippen LogP contribution in [0, 0.1) is 17.1 Å². The molecule has 1 aliphatic rings. The Kier molecular flexibility index (Phi) is 5.72. The summed E-state index contributed by atoms with van der Waals surface area (Å²) in [7, 11) is 0. The van der Waals surface area contributed by atoms with E-state index in [1.165, 1.54) is 11.0 Å². The van der Waals surface area contributed by atoms with Crippen molar-refractivity contribution in [3.05, 3.63) is 59.9 Å². The smallest absolute Gasteiger partial charge is 0.318 e. The van der Waals surface area contributed by atoms with Gasteiger partial charge in [-0.15, -0.1) is 0 Å². The summed E-state index contributed by atoms with van der Waals surface area (Å²) in [5.74, 6) is -0.571. The number of aliphatic hydroxyl groups excluding tert-OH is 1. The first-order valence-electron chi connectivity index (χ1n) is 9.03. The fourth-order valence-corrected chi connectivity index (χ4v) is 3.59. The van der Waals surface area contributed by atoms with Crippen LogP contribution in [0.3, 0.4) is 0 Å². The number of hydrogen-bond donors (Lipinski definition) is 2. The number of nitriles is 1. The van der Waals surface area contributed by atoms with E-state index >= 15 is 0 Å². The van der Waals surface area contributed by atoms with Gasteiger partial charge in [-0.05, 0) is 23.6 Å². The molecule has 2 N–H and O–H groups in total. The van der Waals surface area contributed by atoms with Crippen molar-refractivity contribution in [3.8, 4) is 17.2 Å². The van der Waals surface area contributed by atoms with Crippen molar-refractivity contribution in [2.24, 2.45) is 0 Å². The Bertz CT molecular complexity index is 847. The molecule has 3 rings (SSSR count). The summed E-state index contributed by atoms with van der Waals surface area (Å²) in [6, 6.07) is 14.6. The molecule has 6 heteroatoms. The normalized spacial score (nSPS) is 21.3. The predicted molar refractivity (Wildman–Crippen MR) is 100 cm³/mol. The maximum Gasteiger partial charge on any atom is 0.318 e. The van der Waals surface area contributed by atoms with Crippen LogP contribution in [0.15, 0.2) is 48.5 Å². The van der Waals surface area contributed by atoms with Crippen LogP contribution in [0.4, 0.5) is 9.18 Å². The Morgan fingerprint density at radius 2 is 1.96 bits per heavy atom. The van der Waals surface area contributed by atoms with E-state index in [9.17, 15) is 19.6 Å². The van der Waals surface area contributed by atoms with E-state index < -0.39 is 12.1 Å². The molecular weight excluding hydrogens is 345 g/mol. The van der Waals surface area contributed by atoms with Crippen molar-refractivity contribution in [2.75, 3.05) is 13.2 Å². The SMILES string of the molecule is CCCNC(=O)N1[C@@H](C#N)[C@@H](c2ccc(-c3ccccc3F)cc2)[C@@H]1CO. The molecule has 1 saturated heterocycles. The molecule has 2 aromatic carbocycles. The highest BCUT2D eigenvalue weighted by molar-refractivity contribution is 5.77. The molecule has 140 valence electrons. The zero-order valence-electron chi connectivity index (χ0n) is 15.1. The molecule has 0 aliphatic carbocycles. The quantitative estimate of drug-likeness (QED) is 0.852. The molecule has 3 atom stereocenters. The van der Waals surface area contributed by atoms with Crippen LogP contribution < -0.4 is 5.32 Å². The predicted octanol–water partition coefficient (Wildman–Crippen LogP) is 3.26. The zero-order chi connectivity index (χ0) is 19.4. The molecule has 5 nitrogen and oxygen atoms in total. The van der Waals surface area contributed by atoms with Crippen molar-refractivity contribution in [3.63, 3.8) is 0 Å². The molecule has 0 aromatic heterocycles. The molecule has 0 unspecified atom stereocenters. The van der Waals surface area contributed by atoms with Gasteiger partial charge in [0.25, 0.3) is 0 Å². The molecule has 2 amide bonds. The number of carbonyl (C=O) groups is 1. The van der Waals surface area contributed by atoms with Gasteiger partial charge in [-0.1, -0.05) is 49.4 Å². The number of likely N-dealkylation sites (tertiary alicyclic amines) is 1. The lowest BCUT2D eigenvalue weighted by Crippen LogP contribution is -2.67. The van der Waals surface area contributed by atoms with Gasteiger partial charge in [0, 0.05) is 18.0 Å². The van der Waals surface area contributed by atoms with Crippen molar-refractivity contribution in [2.45, 2.75) is 31.3 Å². The molecule has 0 spiro atoms. The molecule has 1 aliphatic heterocycles. The van der Waals surface area contributed by atoms with Gasteiger partial charge in [0.1, 0.15) is 11.9 Å². The third-order valence-corrected chi connectivity index (χ3v) is 4.97. The average molecular weight is 367 g/mol. The van der Waals surface area contributed by atoms with Gasteiger partial charge in [-0.2, -0.15) is 5.26 Å². The number of halogens is 1. The second kappa shape index (κ2) is 8.19. The van der Waals surface area contributed by atoms with E-state index in [1.54, 1.807) is 30.3 Å². The summed E-state index contributed by atoms with van der Waals surface area (Å²) in [5.41, 5.74) is 2.09. The fourth-order valence-electron chi connectivity index (χ4n) is 3.59. The van der Waals surface area contributed by atoms with Crippen molar-refractivity contribution in [1.29, 1.82) is 5.26 Å². The summed E-state index contributed by atoms with van der Waals surface area (Å²) >= 11 is 0. The number of amides is 2. The molecule has 0 bridgehead atoms. The number of carbonyl (C=O) groups excluding carboxylic acids is 1. The summed E-state index contributed by atoms with van der Waals surface area (Å²) in [5, 5.41) is 22.1. The summed E-state index contributed by atoms with van der Waals surface area (Å²) < 4.78 is 14.0. The van der Waals surface area contributed by atoms with Gasteiger partial charge in [-0.25, -0.2) is 9.18 Å². The second-order valence-electron chi connectivity index (χ2n) is 6.59. The van der Waals surface area contributed by atoms with Crippen LogP contribution >= 0.6 is 0 Å². The first kappa shape index (κ1) is 18.9. The van der Waals surface area contributed by atoms with E-state index in [-0.39, 0.29) is 24.4 Å². The topological polar surface area (TPSA) is 76.4 Å². The van der Waals surface area contributed by atoms with Gasteiger partial charge in [-0.3, -0.25) is 0 Å². The molecule has 0 saturated carbocycles. The molecule has 1 heterocycles. The highest BCUT2D eigenvalue weighted by atomic mass is 19.1. The van der Waals surface area contributed by atoms with Crippen LogP contribution in [0.1, 0.15) is 24.8 Å². The molecular formula is C21H22FN3O2. The Morgan fingerprint density at radius 3 is 2.56 bits per heavy atom. The first-order valence-corrected chi connectivity index (χ1v) is 9.03. The van der Waals surface area contributed by atoms with E-state index in [0.29, 0.717) is 12.1 Å². The lowest BCUT2D eigenvalue weighted by molar-refractivity contribution is 0.0169. The third kappa shape index (κ3) is 3.51. The number of urea groups is 1. The van der Waals surface area contributed by atoms with Crippen LogP contribution in [0.5, 0.6) is 0 Å². The molecule has 2 aromatic rings. The minimum Gasteiger partial charge on any atom is -0.394 e. The van der Waals surface area contributed by atoms with Gasteiger partial charge in [0.05, 0.1) is 18.7 Å². The third-order valence-electron chi connectivity index (χ3n) is 4.97. The highest BCUT2D eigenvalue weighted by Gasteiger charge is 2.51. The van der Waals surface area contributed by atoms with Gasteiger partial charge < -0.3 is 15.3 Å². The minimum atomic E-state index is -0.640. The maximum atomic E-state index is 14.0. The monoisotopic (exact) mass is 367 g/mol. The van der Waals surface area contributed by atoms with Gasteiger partial charge in [0.2, 0.25) is 0 Å². The number of aliphatic hydroxyl groups is 1. The second-order valence-corrected chi connectivity index (χ2v) is 6.59. The molecule has 0 radical (unpaired) electrons. The summed E-state index contributed by atoms with van der Waals surface area (Å²) in [4.78, 5) is 13.7. The van der Waals surface area contributed by atoms with Crippen molar-refractivity contribution >= 4 is 6.03 Å². The van der Waals surface area contributed by atoms with E-state index in [0.717, 1.165) is 17.5 Å². The van der Waals surface area contributed by atoms with E-state index in [1.807, 2.05) is 19.1 Å². The number of hydrogen-bond acceptors (Lipinski definition) is 3. The Labute approximate surface area is 158 Å². The standard InChI is InChI=1S/C21H22FN3O2/c1-2-11-24-21(27)25-18(12-23)20(19(25)13-26)15-9-7-14(8-10-15)16-5-3-4-6-17(16)22/h3-10,18-20,26H,2,11,13H2,1H3,(H,24,27)/t18-,19-,20+/m0/s1. The van der Waals surface area contributed by atoms with Crippen LogP contribution in [-0.4, -0.2) is 41.3 Å². The van der Waals surface area contributed by atoms with Crippen LogP contribution in [0.2, 0.25) is 0 Å². The lowest BCUT2D eigenvalue weighted by atomic mass is 9.76. The molecule has 1 fully saturated rings. The minimum absolute atomic E-state index is 0.225. The zero-order valence-corrected chi connectivity index (χ0v) is 15.1. The van der Waals surface area contributed by atoms with E-state index in [4.69, 9.17) is 0 Å². The first-order chi connectivity index (χ1) is 13.1. The van der Waals surface area contributed by atoms with Gasteiger partial charge >= 0.3 is 6.03 Å². The van der Waals surface area contributed by atoms with E-state index in [2.05, 4.69) is 11.4 Å². The van der Waals surface area contributed by atoms with Crippen LogP contribution in [0.25, 0.3) is 11.1 Å². The fraction of sp³-hybridized carbons (Fsp3) is 0.333. The summed E-state index contributed by atoms with van der Waals surface area (Å²) in [6.07, 6.45) is 0.793. The number of rotatable bonds is 5. The largest absolute Gasteiger partial charge is 0.394 e. The van der Waals surface area contributed by atoms with Crippen LogP contribution in [-0.2, 0) is 0 Å². The summed E-state index contributed by atoms with van der Waals surface area (Å²) in [6.45, 7) is 2.24. The number of nitrogens with zero attached hydrogens (tertiary/aromatic N) is 2. The van der Waals surface area contributed by atoms with Gasteiger partial charge in [0.15, 0.2) is 0 Å².